The monoisotopic (exact) mass is 283 g/mol. The largest absolute Gasteiger partial charge is 0.379 e. The Morgan fingerprint density at radius 3 is 2.60 bits per heavy atom. The fourth-order valence-electron chi connectivity index (χ4n) is 3.47. The molecule has 0 spiro atoms. The molecule has 0 bridgehead atoms. The third kappa shape index (κ3) is 3.32. The minimum Gasteiger partial charge on any atom is -0.379 e. The van der Waals surface area contributed by atoms with Crippen LogP contribution >= 0.6 is 0 Å². The highest BCUT2D eigenvalue weighted by atomic mass is 16.5. The molecular weight excluding hydrogens is 254 g/mol. The maximum Gasteiger partial charge on any atom is 0.227 e. The molecule has 116 valence electrons. The van der Waals surface area contributed by atoms with Crippen LogP contribution in [0.1, 0.15) is 32.6 Å². The smallest absolute Gasteiger partial charge is 0.227 e. The van der Waals surface area contributed by atoms with Crippen LogP contribution in [0.3, 0.4) is 0 Å². The van der Waals surface area contributed by atoms with Crippen LogP contribution < -0.4 is 10.6 Å². The first-order valence-corrected chi connectivity index (χ1v) is 7.85. The predicted octanol–water partition coefficient (Wildman–Crippen LogP) is 0.602. The van der Waals surface area contributed by atoms with Crippen LogP contribution in [0.4, 0.5) is 0 Å². The second kappa shape index (κ2) is 6.87. The summed E-state index contributed by atoms with van der Waals surface area (Å²) in [5.41, 5.74) is 0.156. The molecule has 2 fully saturated rings. The molecule has 1 heterocycles. The zero-order valence-electron chi connectivity index (χ0n) is 13.1. The Bertz CT molecular complexity index is 327. The quantitative estimate of drug-likeness (QED) is 0.749. The summed E-state index contributed by atoms with van der Waals surface area (Å²) in [5, 5.41) is 6.52. The van der Waals surface area contributed by atoms with E-state index in [0.717, 1.165) is 13.1 Å². The zero-order valence-corrected chi connectivity index (χ0v) is 13.1. The Kier molecular flexibility index (Phi) is 5.41. The molecule has 2 aliphatic rings. The van der Waals surface area contributed by atoms with Gasteiger partial charge < -0.3 is 20.3 Å². The fourth-order valence-corrected chi connectivity index (χ4v) is 3.47. The van der Waals surface area contributed by atoms with Gasteiger partial charge in [-0.15, -0.1) is 0 Å². The number of carbonyl (C=O) groups excluding carboxylic acids is 1. The lowest BCUT2D eigenvalue weighted by molar-refractivity contribution is -0.126. The zero-order chi connectivity index (χ0) is 14.6. The summed E-state index contributed by atoms with van der Waals surface area (Å²) < 4.78 is 5.45. The first-order valence-electron chi connectivity index (χ1n) is 7.85. The van der Waals surface area contributed by atoms with Gasteiger partial charge in [-0.05, 0) is 33.5 Å². The van der Waals surface area contributed by atoms with Gasteiger partial charge in [-0.3, -0.25) is 4.79 Å². The topological polar surface area (TPSA) is 53.6 Å². The third-order valence-electron chi connectivity index (χ3n) is 4.96. The number of hydrogen-bond donors (Lipinski definition) is 2. The van der Waals surface area contributed by atoms with E-state index in [0.29, 0.717) is 13.2 Å². The van der Waals surface area contributed by atoms with Gasteiger partial charge in [-0.1, -0.05) is 19.8 Å². The lowest BCUT2D eigenvalue weighted by Crippen LogP contribution is -2.53. The summed E-state index contributed by atoms with van der Waals surface area (Å²) in [5.74, 6) is 0.0946. The molecule has 0 aromatic heterocycles. The standard InChI is InChI=1S/C15H29N3O2/c1-4-16-13-10-20-9-12(13)14(19)17-11-15(18(2)3)7-5-6-8-15/h12-13,16H,4-11H2,1-3H3,(H,17,19). The average molecular weight is 283 g/mol. The highest BCUT2D eigenvalue weighted by Crippen LogP contribution is 2.33. The van der Waals surface area contributed by atoms with Crippen molar-refractivity contribution in [1.82, 2.24) is 15.5 Å². The molecule has 2 unspecified atom stereocenters. The van der Waals surface area contributed by atoms with Crippen LogP contribution in [0.15, 0.2) is 0 Å². The first-order chi connectivity index (χ1) is 9.59. The molecular formula is C15H29N3O2. The van der Waals surface area contributed by atoms with Gasteiger partial charge in [0.1, 0.15) is 0 Å². The second-order valence-corrected chi connectivity index (χ2v) is 6.35. The van der Waals surface area contributed by atoms with E-state index in [9.17, 15) is 4.79 Å². The number of nitrogens with zero attached hydrogens (tertiary/aromatic N) is 1. The van der Waals surface area contributed by atoms with Crippen molar-refractivity contribution in [2.75, 3.05) is 40.4 Å². The Labute approximate surface area is 122 Å². The van der Waals surface area contributed by atoms with Crippen LogP contribution in [0.2, 0.25) is 0 Å². The van der Waals surface area contributed by atoms with E-state index in [4.69, 9.17) is 4.74 Å². The summed E-state index contributed by atoms with van der Waals surface area (Å²) in [6.07, 6.45) is 4.89. The van der Waals surface area contributed by atoms with Gasteiger partial charge in [0.2, 0.25) is 5.91 Å². The number of likely N-dealkylation sites (N-methyl/N-ethyl adjacent to an activating group) is 2. The van der Waals surface area contributed by atoms with Crippen molar-refractivity contribution >= 4 is 5.91 Å². The van der Waals surface area contributed by atoms with E-state index in [1.165, 1.54) is 25.7 Å². The van der Waals surface area contributed by atoms with Crippen molar-refractivity contribution in [2.24, 2.45) is 5.92 Å². The van der Waals surface area contributed by atoms with Crippen molar-refractivity contribution < 1.29 is 9.53 Å². The SMILES string of the molecule is CCNC1COCC1C(=O)NCC1(N(C)C)CCCC1. The van der Waals surface area contributed by atoms with Crippen LogP contribution in [0, 0.1) is 5.92 Å². The number of nitrogens with one attached hydrogen (secondary N) is 2. The van der Waals surface area contributed by atoms with E-state index in [1.807, 2.05) is 0 Å². The minimum atomic E-state index is -0.0458. The summed E-state index contributed by atoms with van der Waals surface area (Å²) in [6.45, 7) is 4.88. The highest BCUT2D eigenvalue weighted by Gasteiger charge is 2.38. The summed E-state index contributed by atoms with van der Waals surface area (Å²) in [6, 6.07) is 0.166. The van der Waals surface area contributed by atoms with E-state index >= 15 is 0 Å². The third-order valence-corrected chi connectivity index (χ3v) is 4.96. The molecule has 0 radical (unpaired) electrons. The van der Waals surface area contributed by atoms with Crippen LogP contribution in [0.25, 0.3) is 0 Å². The minimum absolute atomic E-state index is 0.0458. The maximum atomic E-state index is 12.4. The van der Waals surface area contributed by atoms with Crippen molar-refractivity contribution in [3.63, 3.8) is 0 Å². The Balaban J connectivity index is 1.88. The van der Waals surface area contributed by atoms with Crippen molar-refractivity contribution in [1.29, 1.82) is 0 Å². The van der Waals surface area contributed by atoms with Crippen molar-refractivity contribution in [3.05, 3.63) is 0 Å². The fraction of sp³-hybridized carbons (Fsp3) is 0.933. The van der Waals surface area contributed by atoms with Crippen molar-refractivity contribution in [3.8, 4) is 0 Å². The molecule has 2 N–H and O–H groups in total. The molecule has 1 saturated heterocycles. The lowest BCUT2D eigenvalue weighted by Gasteiger charge is -2.37. The predicted molar refractivity (Wildman–Crippen MR) is 79.7 cm³/mol. The molecule has 2 atom stereocenters. The van der Waals surface area contributed by atoms with E-state index in [1.54, 1.807) is 0 Å². The van der Waals surface area contributed by atoms with Gasteiger partial charge >= 0.3 is 0 Å². The summed E-state index contributed by atoms with van der Waals surface area (Å²) in [4.78, 5) is 14.7. The van der Waals surface area contributed by atoms with Gasteiger partial charge in [0.05, 0.1) is 19.1 Å². The summed E-state index contributed by atoms with van der Waals surface area (Å²) >= 11 is 0. The van der Waals surface area contributed by atoms with Gasteiger partial charge in [0.25, 0.3) is 0 Å². The molecule has 5 heteroatoms. The molecule has 20 heavy (non-hydrogen) atoms. The highest BCUT2D eigenvalue weighted by molar-refractivity contribution is 5.80. The van der Waals surface area contributed by atoms with Crippen LogP contribution in [0.5, 0.6) is 0 Å². The summed E-state index contributed by atoms with van der Waals surface area (Å²) in [7, 11) is 4.25. The maximum absolute atomic E-state index is 12.4. The number of hydrogen-bond acceptors (Lipinski definition) is 4. The average Bonchev–Trinajstić information content (AvgIpc) is 3.06. The number of ether oxygens (including phenoxy) is 1. The first kappa shape index (κ1) is 15.7. The van der Waals surface area contributed by atoms with E-state index in [2.05, 4.69) is 36.6 Å². The Morgan fingerprint density at radius 1 is 1.30 bits per heavy atom. The Hall–Kier alpha value is -0.650. The molecule has 0 aromatic rings. The number of rotatable bonds is 6. The Morgan fingerprint density at radius 2 is 2.00 bits per heavy atom. The van der Waals surface area contributed by atoms with Gasteiger partial charge in [-0.2, -0.15) is 0 Å². The molecule has 1 aliphatic heterocycles. The molecule has 2 rings (SSSR count). The van der Waals surface area contributed by atoms with Crippen molar-refractivity contribution in [2.45, 2.75) is 44.2 Å². The van der Waals surface area contributed by atoms with Crippen LogP contribution in [-0.4, -0.2) is 62.8 Å². The molecule has 1 saturated carbocycles. The molecule has 0 aromatic carbocycles. The van der Waals surface area contributed by atoms with E-state index < -0.39 is 0 Å². The molecule has 1 aliphatic carbocycles. The number of amides is 1. The van der Waals surface area contributed by atoms with E-state index in [-0.39, 0.29) is 23.4 Å². The second-order valence-electron chi connectivity index (χ2n) is 6.35. The molecule has 1 amide bonds. The number of carbonyl (C=O) groups is 1. The normalized spacial score (nSPS) is 29.0. The van der Waals surface area contributed by atoms with Gasteiger partial charge in [-0.25, -0.2) is 0 Å². The lowest BCUT2D eigenvalue weighted by atomic mass is 9.95. The van der Waals surface area contributed by atoms with Gasteiger partial charge in [0, 0.05) is 18.1 Å². The molecule has 5 nitrogen and oxygen atoms in total. The van der Waals surface area contributed by atoms with Crippen LogP contribution in [-0.2, 0) is 9.53 Å². The van der Waals surface area contributed by atoms with Gasteiger partial charge in [0.15, 0.2) is 0 Å².